The highest BCUT2D eigenvalue weighted by Gasteiger charge is 2.17. The van der Waals surface area contributed by atoms with Crippen LogP contribution in [0, 0.1) is 0 Å². The molecule has 0 saturated heterocycles. The third kappa shape index (κ3) is 6.51. The molecule has 7 heteroatoms. The Kier molecular flexibility index (Phi) is 5.94. The van der Waals surface area contributed by atoms with Crippen LogP contribution in [0.3, 0.4) is 0 Å². The lowest BCUT2D eigenvalue weighted by atomic mass is 10.2. The number of aromatic nitrogens is 1. The van der Waals surface area contributed by atoms with Gasteiger partial charge in [0.15, 0.2) is 5.13 Å². The van der Waals surface area contributed by atoms with Crippen molar-refractivity contribution in [3.8, 4) is 0 Å². The topological polar surface area (TPSA) is 77.5 Å². The lowest BCUT2D eigenvalue weighted by Gasteiger charge is -2.18. The molecule has 0 aliphatic rings. The molecule has 112 valence electrons. The molecule has 0 unspecified atom stereocenters. The maximum Gasteiger partial charge on any atom is 0.413 e. The van der Waals surface area contributed by atoms with Crippen LogP contribution >= 0.6 is 11.3 Å². The first-order valence-electron chi connectivity index (χ1n) is 6.31. The summed E-state index contributed by atoms with van der Waals surface area (Å²) in [6.07, 6.45) is 1.18. The largest absolute Gasteiger partial charge is 0.469 e. The predicted molar refractivity (Wildman–Crippen MR) is 76.9 cm³/mol. The van der Waals surface area contributed by atoms with Crippen LogP contribution < -0.4 is 5.32 Å². The lowest BCUT2D eigenvalue weighted by Crippen LogP contribution is -2.27. The lowest BCUT2D eigenvalue weighted by molar-refractivity contribution is -0.140. The molecule has 20 heavy (non-hydrogen) atoms. The number of aryl methyl sites for hydroxylation is 1. The van der Waals surface area contributed by atoms with Crippen molar-refractivity contribution in [2.45, 2.75) is 45.6 Å². The Morgan fingerprint density at radius 1 is 1.40 bits per heavy atom. The summed E-state index contributed by atoms with van der Waals surface area (Å²) in [5.41, 5.74) is 0.301. The van der Waals surface area contributed by atoms with E-state index in [0.29, 0.717) is 24.4 Å². The second-order valence-corrected chi connectivity index (χ2v) is 6.06. The van der Waals surface area contributed by atoms with Crippen molar-refractivity contribution in [2.75, 3.05) is 12.4 Å². The minimum atomic E-state index is -0.537. The van der Waals surface area contributed by atoms with E-state index in [1.807, 2.05) is 5.38 Å². The molecule has 1 aromatic rings. The average Bonchev–Trinajstić information content (AvgIpc) is 2.73. The highest BCUT2D eigenvalue weighted by molar-refractivity contribution is 7.13. The number of anilines is 1. The number of ether oxygens (including phenoxy) is 2. The van der Waals surface area contributed by atoms with E-state index in [9.17, 15) is 9.59 Å². The van der Waals surface area contributed by atoms with Gasteiger partial charge in [0, 0.05) is 11.8 Å². The van der Waals surface area contributed by atoms with Crippen molar-refractivity contribution < 1.29 is 19.1 Å². The van der Waals surface area contributed by atoms with Gasteiger partial charge in [-0.3, -0.25) is 10.1 Å². The van der Waals surface area contributed by atoms with E-state index in [0.717, 1.165) is 5.69 Å². The molecule has 0 aliphatic carbocycles. The summed E-state index contributed by atoms with van der Waals surface area (Å²) in [5.74, 6) is -0.229. The van der Waals surface area contributed by atoms with Crippen LogP contribution in [-0.4, -0.2) is 29.8 Å². The number of nitrogens with zero attached hydrogens (tertiary/aromatic N) is 1. The molecule has 1 aromatic heterocycles. The zero-order valence-electron chi connectivity index (χ0n) is 12.2. The summed E-state index contributed by atoms with van der Waals surface area (Å²) in [6.45, 7) is 5.39. The van der Waals surface area contributed by atoms with E-state index in [2.05, 4.69) is 15.0 Å². The minimum Gasteiger partial charge on any atom is -0.469 e. The molecule has 0 radical (unpaired) electrons. The van der Waals surface area contributed by atoms with Gasteiger partial charge < -0.3 is 9.47 Å². The van der Waals surface area contributed by atoms with Crippen molar-refractivity contribution in [3.63, 3.8) is 0 Å². The number of hydrogen-bond donors (Lipinski definition) is 1. The van der Waals surface area contributed by atoms with Crippen LogP contribution in [0.5, 0.6) is 0 Å². The predicted octanol–water partition coefficient (Wildman–Crippen LogP) is 2.99. The van der Waals surface area contributed by atoms with Crippen molar-refractivity contribution in [1.82, 2.24) is 4.98 Å². The van der Waals surface area contributed by atoms with Gasteiger partial charge in [0.2, 0.25) is 0 Å². The molecule has 1 rings (SSSR count). The molecule has 0 aliphatic heterocycles. The highest BCUT2D eigenvalue weighted by atomic mass is 32.1. The van der Waals surface area contributed by atoms with E-state index < -0.39 is 11.7 Å². The normalized spacial score (nSPS) is 11.0. The van der Waals surface area contributed by atoms with Crippen LogP contribution in [0.25, 0.3) is 0 Å². The summed E-state index contributed by atoms with van der Waals surface area (Å²) in [5, 5.41) is 4.93. The van der Waals surface area contributed by atoms with Gasteiger partial charge in [0.1, 0.15) is 5.60 Å². The fourth-order valence-electron chi connectivity index (χ4n) is 1.39. The van der Waals surface area contributed by atoms with Gasteiger partial charge in [-0.1, -0.05) is 0 Å². The maximum absolute atomic E-state index is 11.6. The number of nitrogens with one attached hydrogen (secondary N) is 1. The Morgan fingerprint density at radius 3 is 2.70 bits per heavy atom. The summed E-state index contributed by atoms with van der Waals surface area (Å²) < 4.78 is 9.70. The van der Waals surface area contributed by atoms with Crippen LogP contribution in [-0.2, 0) is 20.7 Å². The number of amides is 1. The van der Waals surface area contributed by atoms with Gasteiger partial charge in [0.25, 0.3) is 0 Å². The molecular weight excluding hydrogens is 280 g/mol. The molecule has 0 fully saturated rings. The number of thiazole rings is 1. The van der Waals surface area contributed by atoms with Gasteiger partial charge in [-0.2, -0.15) is 0 Å². The molecule has 0 spiro atoms. The van der Waals surface area contributed by atoms with Gasteiger partial charge in [0.05, 0.1) is 12.8 Å². The second-order valence-electron chi connectivity index (χ2n) is 5.20. The molecule has 0 saturated carbocycles. The minimum absolute atomic E-state index is 0.229. The van der Waals surface area contributed by atoms with Crippen molar-refractivity contribution in [2.24, 2.45) is 0 Å². The Morgan fingerprint density at radius 2 is 2.10 bits per heavy atom. The zero-order chi connectivity index (χ0) is 15.2. The molecule has 6 nitrogen and oxygen atoms in total. The Hall–Kier alpha value is -1.63. The fraction of sp³-hybridized carbons (Fsp3) is 0.615. The van der Waals surface area contributed by atoms with E-state index in [1.54, 1.807) is 20.8 Å². The number of methoxy groups -OCH3 is 1. The van der Waals surface area contributed by atoms with Gasteiger partial charge in [-0.15, -0.1) is 11.3 Å². The zero-order valence-corrected chi connectivity index (χ0v) is 13.0. The van der Waals surface area contributed by atoms with Gasteiger partial charge in [-0.25, -0.2) is 9.78 Å². The number of carbonyl (C=O) groups excluding carboxylic acids is 2. The number of esters is 1. The van der Waals surface area contributed by atoms with Crippen LogP contribution in [0.4, 0.5) is 9.93 Å². The first kappa shape index (κ1) is 16.4. The first-order valence-corrected chi connectivity index (χ1v) is 7.19. The molecule has 0 bridgehead atoms. The smallest absolute Gasteiger partial charge is 0.413 e. The van der Waals surface area contributed by atoms with Crippen LogP contribution in [0.2, 0.25) is 0 Å². The van der Waals surface area contributed by atoms with Crippen LogP contribution in [0.15, 0.2) is 5.38 Å². The second kappa shape index (κ2) is 7.23. The fourth-order valence-corrected chi connectivity index (χ4v) is 2.12. The standard InChI is InChI=1S/C13H20N2O4S/c1-13(2,3)19-12(17)15-11-14-9(8-20-11)6-5-7-10(16)18-4/h8H,5-7H2,1-4H3,(H,14,15,17). The summed E-state index contributed by atoms with van der Waals surface area (Å²) in [4.78, 5) is 26.8. The van der Waals surface area contributed by atoms with E-state index >= 15 is 0 Å². The summed E-state index contributed by atoms with van der Waals surface area (Å²) in [6, 6.07) is 0. The Labute approximate surface area is 122 Å². The molecule has 0 atom stereocenters. The van der Waals surface area contributed by atoms with E-state index in [1.165, 1.54) is 18.4 Å². The highest BCUT2D eigenvalue weighted by Crippen LogP contribution is 2.18. The number of carbonyl (C=O) groups is 2. The average molecular weight is 300 g/mol. The first-order chi connectivity index (χ1) is 9.30. The van der Waals surface area contributed by atoms with E-state index in [-0.39, 0.29) is 5.97 Å². The van der Waals surface area contributed by atoms with Crippen molar-refractivity contribution in [1.29, 1.82) is 0 Å². The van der Waals surface area contributed by atoms with Gasteiger partial charge in [-0.05, 0) is 33.6 Å². The molecular formula is C13H20N2O4S. The number of rotatable bonds is 5. The van der Waals surface area contributed by atoms with Crippen LogP contribution in [0.1, 0.15) is 39.3 Å². The Bertz CT molecular complexity index is 465. The SMILES string of the molecule is COC(=O)CCCc1csc(NC(=O)OC(C)(C)C)n1. The summed E-state index contributed by atoms with van der Waals surface area (Å²) >= 11 is 1.33. The quantitative estimate of drug-likeness (QED) is 0.846. The Balaban J connectivity index is 2.39. The number of hydrogen-bond acceptors (Lipinski definition) is 6. The monoisotopic (exact) mass is 300 g/mol. The maximum atomic E-state index is 11.6. The third-order valence-corrected chi connectivity index (χ3v) is 3.01. The third-order valence-electron chi connectivity index (χ3n) is 2.20. The molecule has 1 heterocycles. The molecule has 0 aromatic carbocycles. The van der Waals surface area contributed by atoms with Gasteiger partial charge >= 0.3 is 12.1 Å². The molecule has 1 N–H and O–H groups in total. The van der Waals surface area contributed by atoms with Crippen molar-refractivity contribution >= 4 is 28.5 Å². The molecule has 1 amide bonds. The summed E-state index contributed by atoms with van der Waals surface area (Å²) in [7, 11) is 1.37. The van der Waals surface area contributed by atoms with Crippen molar-refractivity contribution in [3.05, 3.63) is 11.1 Å². The van der Waals surface area contributed by atoms with E-state index in [4.69, 9.17) is 4.74 Å².